The maximum absolute atomic E-state index is 5.86. The van der Waals surface area contributed by atoms with Crippen LogP contribution in [0.25, 0.3) is 0 Å². The van der Waals surface area contributed by atoms with Gasteiger partial charge in [0.25, 0.3) is 0 Å². The predicted molar refractivity (Wildman–Crippen MR) is 68.3 cm³/mol. The van der Waals surface area contributed by atoms with E-state index in [-0.39, 0.29) is 12.3 Å². The van der Waals surface area contributed by atoms with E-state index in [1.807, 2.05) is 13.0 Å². The molecule has 0 aliphatic rings. The van der Waals surface area contributed by atoms with E-state index in [1.165, 1.54) is 4.88 Å². The summed E-state index contributed by atoms with van der Waals surface area (Å²) in [6.45, 7) is 2.93. The number of methoxy groups -OCH3 is 2. The van der Waals surface area contributed by atoms with E-state index in [4.69, 9.17) is 21.1 Å². The minimum Gasteiger partial charge on any atom is -0.354 e. The number of halogens is 1. The molecule has 16 heavy (non-hydrogen) atoms. The summed E-state index contributed by atoms with van der Waals surface area (Å²) in [6.07, 6.45) is 0.772. The van der Waals surface area contributed by atoms with Crippen molar-refractivity contribution in [1.82, 2.24) is 5.32 Å². The molecule has 0 aliphatic heterocycles. The highest BCUT2D eigenvalue weighted by Crippen LogP contribution is 2.21. The van der Waals surface area contributed by atoms with Crippen molar-refractivity contribution in [1.29, 1.82) is 0 Å². The standard InChI is InChI=1S/C11H18ClNO2S/c1-8(11(14-2)15-3)13-7-6-9-4-5-10(12)16-9/h4-5,8,11,13H,6-7H2,1-3H3. The fourth-order valence-corrected chi connectivity index (χ4v) is 2.60. The van der Waals surface area contributed by atoms with E-state index in [9.17, 15) is 0 Å². The Morgan fingerprint density at radius 2 is 2.06 bits per heavy atom. The van der Waals surface area contributed by atoms with Gasteiger partial charge in [0.15, 0.2) is 6.29 Å². The first-order valence-corrected chi connectivity index (χ1v) is 6.40. The summed E-state index contributed by atoms with van der Waals surface area (Å²) in [5.41, 5.74) is 0. The van der Waals surface area contributed by atoms with Crippen LogP contribution in [0.5, 0.6) is 0 Å². The van der Waals surface area contributed by atoms with Gasteiger partial charge in [-0.1, -0.05) is 11.6 Å². The lowest BCUT2D eigenvalue weighted by Crippen LogP contribution is -2.40. The average Bonchev–Trinajstić information content (AvgIpc) is 2.66. The number of ether oxygens (including phenoxy) is 2. The lowest BCUT2D eigenvalue weighted by Gasteiger charge is -2.21. The molecule has 1 atom stereocenters. The molecule has 1 unspecified atom stereocenters. The SMILES string of the molecule is COC(OC)C(C)NCCc1ccc(Cl)s1. The molecule has 0 saturated heterocycles. The van der Waals surface area contributed by atoms with Gasteiger partial charge in [0, 0.05) is 25.6 Å². The van der Waals surface area contributed by atoms with E-state index in [1.54, 1.807) is 25.6 Å². The van der Waals surface area contributed by atoms with Crippen LogP contribution in [0.3, 0.4) is 0 Å². The molecular weight excluding hydrogens is 246 g/mol. The zero-order valence-corrected chi connectivity index (χ0v) is 11.4. The van der Waals surface area contributed by atoms with E-state index in [0.29, 0.717) is 0 Å². The smallest absolute Gasteiger partial charge is 0.171 e. The summed E-state index contributed by atoms with van der Waals surface area (Å²) in [5.74, 6) is 0. The zero-order chi connectivity index (χ0) is 12.0. The molecule has 0 aromatic carbocycles. The third-order valence-electron chi connectivity index (χ3n) is 2.34. The summed E-state index contributed by atoms with van der Waals surface area (Å²) in [4.78, 5) is 1.29. The van der Waals surface area contributed by atoms with Crippen LogP contribution in [0.15, 0.2) is 12.1 Å². The Morgan fingerprint density at radius 3 is 2.56 bits per heavy atom. The van der Waals surface area contributed by atoms with E-state index < -0.39 is 0 Å². The van der Waals surface area contributed by atoms with Crippen molar-refractivity contribution in [3.05, 3.63) is 21.3 Å². The Morgan fingerprint density at radius 1 is 1.38 bits per heavy atom. The van der Waals surface area contributed by atoms with Gasteiger partial charge in [-0.25, -0.2) is 0 Å². The summed E-state index contributed by atoms with van der Waals surface area (Å²) >= 11 is 7.48. The van der Waals surface area contributed by atoms with Gasteiger partial charge in [0.2, 0.25) is 0 Å². The van der Waals surface area contributed by atoms with Gasteiger partial charge in [0.05, 0.1) is 10.4 Å². The average molecular weight is 264 g/mol. The fraction of sp³-hybridized carbons (Fsp3) is 0.636. The van der Waals surface area contributed by atoms with Crippen molar-refractivity contribution in [3.8, 4) is 0 Å². The predicted octanol–water partition coefficient (Wildman–Crippen LogP) is 2.54. The van der Waals surface area contributed by atoms with Gasteiger partial charge < -0.3 is 14.8 Å². The summed E-state index contributed by atoms with van der Waals surface area (Å²) in [7, 11) is 3.29. The molecule has 0 spiro atoms. The highest BCUT2D eigenvalue weighted by Gasteiger charge is 2.14. The van der Waals surface area contributed by atoms with Crippen LogP contribution in [0.2, 0.25) is 4.34 Å². The Kier molecular flexibility index (Phi) is 6.31. The number of thiophene rings is 1. The number of nitrogens with one attached hydrogen (secondary N) is 1. The molecule has 0 aliphatic carbocycles. The van der Waals surface area contributed by atoms with Gasteiger partial charge in [-0.2, -0.15) is 0 Å². The first kappa shape index (κ1) is 13.9. The normalized spacial score (nSPS) is 13.3. The van der Waals surface area contributed by atoms with Gasteiger partial charge >= 0.3 is 0 Å². The first-order valence-electron chi connectivity index (χ1n) is 5.20. The molecule has 1 rings (SSSR count). The van der Waals surface area contributed by atoms with Crippen LogP contribution in [-0.2, 0) is 15.9 Å². The van der Waals surface area contributed by atoms with Crippen molar-refractivity contribution in [2.45, 2.75) is 25.7 Å². The van der Waals surface area contributed by atoms with Crippen molar-refractivity contribution in [3.63, 3.8) is 0 Å². The third kappa shape index (κ3) is 4.39. The quantitative estimate of drug-likeness (QED) is 0.767. The van der Waals surface area contributed by atoms with Gasteiger partial charge in [-0.15, -0.1) is 11.3 Å². The molecule has 1 aromatic rings. The molecule has 0 amide bonds. The molecule has 3 nitrogen and oxygen atoms in total. The molecule has 0 saturated carbocycles. The number of hydrogen-bond donors (Lipinski definition) is 1. The second-order valence-electron chi connectivity index (χ2n) is 3.54. The van der Waals surface area contributed by atoms with E-state index >= 15 is 0 Å². The maximum atomic E-state index is 5.86. The molecule has 1 N–H and O–H groups in total. The zero-order valence-electron chi connectivity index (χ0n) is 9.83. The van der Waals surface area contributed by atoms with E-state index in [2.05, 4.69) is 11.4 Å². The van der Waals surface area contributed by atoms with Gasteiger partial charge in [0.1, 0.15) is 0 Å². The molecule has 92 valence electrons. The highest BCUT2D eigenvalue weighted by atomic mass is 35.5. The third-order valence-corrected chi connectivity index (χ3v) is 3.63. The van der Waals surface area contributed by atoms with Crippen LogP contribution < -0.4 is 5.32 Å². The minimum absolute atomic E-state index is 0.172. The van der Waals surface area contributed by atoms with Crippen LogP contribution in [0.1, 0.15) is 11.8 Å². The lowest BCUT2D eigenvalue weighted by atomic mass is 10.3. The summed E-state index contributed by atoms with van der Waals surface area (Å²) in [6, 6.07) is 4.16. The van der Waals surface area contributed by atoms with Gasteiger partial charge in [-0.3, -0.25) is 0 Å². The molecule has 0 fully saturated rings. The van der Waals surface area contributed by atoms with Crippen molar-refractivity contribution in [2.24, 2.45) is 0 Å². The molecule has 0 bridgehead atoms. The van der Waals surface area contributed by atoms with Crippen LogP contribution in [0.4, 0.5) is 0 Å². The van der Waals surface area contributed by atoms with Crippen LogP contribution in [0, 0.1) is 0 Å². The van der Waals surface area contributed by atoms with Crippen molar-refractivity contribution < 1.29 is 9.47 Å². The molecule has 1 heterocycles. The Balaban J connectivity index is 2.24. The summed E-state index contributed by atoms with van der Waals surface area (Å²) < 4.78 is 11.2. The molecule has 5 heteroatoms. The molecular formula is C11H18ClNO2S. The summed E-state index contributed by atoms with van der Waals surface area (Å²) in [5, 5.41) is 3.36. The lowest BCUT2D eigenvalue weighted by molar-refractivity contribution is -0.119. The highest BCUT2D eigenvalue weighted by molar-refractivity contribution is 7.16. The fourth-order valence-electron chi connectivity index (χ4n) is 1.51. The van der Waals surface area contributed by atoms with Crippen LogP contribution in [-0.4, -0.2) is 33.1 Å². The van der Waals surface area contributed by atoms with Crippen molar-refractivity contribution in [2.75, 3.05) is 20.8 Å². The second-order valence-corrected chi connectivity index (χ2v) is 5.34. The number of hydrogen-bond acceptors (Lipinski definition) is 4. The second kappa shape index (κ2) is 7.25. The Bertz CT molecular complexity index is 302. The van der Waals surface area contributed by atoms with Crippen LogP contribution >= 0.6 is 22.9 Å². The molecule has 0 radical (unpaired) electrons. The Labute approximate surface area is 106 Å². The largest absolute Gasteiger partial charge is 0.354 e. The van der Waals surface area contributed by atoms with Gasteiger partial charge in [-0.05, 0) is 25.5 Å². The van der Waals surface area contributed by atoms with Crippen molar-refractivity contribution >= 4 is 22.9 Å². The maximum Gasteiger partial charge on any atom is 0.171 e. The monoisotopic (exact) mass is 263 g/mol. The number of rotatable bonds is 7. The first-order chi connectivity index (χ1) is 7.67. The Hall–Kier alpha value is -0.130. The topological polar surface area (TPSA) is 30.5 Å². The molecule has 1 aromatic heterocycles. The van der Waals surface area contributed by atoms with E-state index in [0.717, 1.165) is 17.3 Å². The minimum atomic E-state index is -0.202.